The lowest BCUT2D eigenvalue weighted by Gasteiger charge is -2.15. The molecule has 0 radical (unpaired) electrons. The van der Waals surface area contributed by atoms with Gasteiger partial charge in [-0.3, -0.25) is 25.0 Å². The number of non-ortho nitro benzene ring substituents is 1. The molecule has 0 aromatic heterocycles. The summed E-state index contributed by atoms with van der Waals surface area (Å²) in [6, 6.07) is 1.50. The molecule has 160 valence electrons. The molecule has 30 heavy (non-hydrogen) atoms. The van der Waals surface area contributed by atoms with Gasteiger partial charge in [0.2, 0.25) is 0 Å². The number of halogens is 6. The molecule has 14 heteroatoms. The van der Waals surface area contributed by atoms with E-state index in [0.717, 1.165) is 6.92 Å². The Balaban J connectivity index is 2.57. The molecule has 8 nitrogen and oxygen atoms in total. The van der Waals surface area contributed by atoms with Gasteiger partial charge >= 0.3 is 12.4 Å². The molecule has 2 aromatic rings. The van der Waals surface area contributed by atoms with Gasteiger partial charge in [-0.2, -0.15) is 26.3 Å². The highest BCUT2D eigenvalue weighted by Gasteiger charge is 2.37. The van der Waals surface area contributed by atoms with Crippen molar-refractivity contribution in [3.63, 3.8) is 0 Å². The van der Waals surface area contributed by atoms with Gasteiger partial charge in [0, 0.05) is 17.3 Å². The number of alkyl halides is 6. The largest absolute Gasteiger partial charge is 0.416 e. The number of hydrogen-bond acceptors (Lipinski definition) is 5. The Kier molecular flexibility index (Phi) is 5.72. The number of benzene rings is 2. The molecule has 0 saturated heterocycles. The van der Waals surface area contributed by atoms with Crippen molar-refractivity contribution in [3.05, 3.63) is 72.8 Å². The minimum atomic E-state index is -5.17. The molecule has 0 aliphatic rings. The van der Waals surface area contributed by atoms with Crippen molar-refractivity contribution in [2.24, 2.45) is 0 Å². The van der Waals surface area contributed by atoms with Crippen LogP contribution in [-0.4, -0.2) is 15.8 Å². The van der Waals surface area contributed by atoms with Gasteiger partial charge in [-0.1, -0.05) is 0 Å². The fraction of sp³-hybridized carbons (Fsp3) is 0.188. The van der Waals surface area contributed by atoms with E-state index in [2.05, 4.69) is 0 Å². The van der Waals surface area contributed by atoms with Crippen molar-refractivity contribution in [2.75, 3.05) is 5.32 Å². The third-order valence-corrected chi connectivity index (χ3v) is 3.86. The molecule has 0 bridgehead atoms. The number of nitro groups is 2. The van der Waals surface area contributed by atoms with E-state index in [1.165, 1.54) is 0 Å². The molecular weight excluding hydrogens is 428 g/mol. The van der Waals surface area contributed by atoms with E-state index >= 15 is 0 Å². The van der Waals surface area contributed by atoms with Crippen LogP contribution in [0.4, 0.5) is 43.4 Å². The molecule has 0 aliphatic carbocycles. The van der Waals surface area contributed by atoms with Gasteiger partial charge in [0.05, 0.1) is 32.6 Å². The standard InChI is InChI=1S/C16H9F6N3O5/c1-7-12(5-11(24(27)28)6-13(7)25(29)30)14(26)23-10-3-8(15(17,18)19)2-9(4-10)16(20,21)22/h2-6H,1H3,(H,23,26). The van der Waals surface area contributed by atoms with E-state index in [1.54, 1.807) is 5.32 Å². The fourth-order valence-corrected chi connectivity index (χ4v) is 2.44. The molecular formula is C16H9F6N3O5. The Hall–Kier alpha value is -3.71. The first-order valence-corrected chi connectivity index (χ1v) is 7.65. The van der Waals surface area contributed by atoms with Crippen LogP contribution in [0.2, 0.25) is 0 Å². The monoisotopic (exact) mass is 437 g/mol. The quantitative estimate of drug-likeness (QED) is 0.406. The smallest absolute Gasteiger partial charge is 0.322 e. The molecule has 1 N–H and O–H groups in total. The Labute approximate surface area is 162 Å². The molecule has 0 spiro atoms. The number of rotatable bonds is 4. The summed E-state index contributed by atoms with van der Waals surface area (Å²) in [4.78, 5) is 32.3. The molecule has 0 saturated carbocycles. The summed E-state index contributed by atoms with van der Waals surface area (Å²) in [6.07, 6.45) is -10.3. The van der Waals surface area contributed by atoms with Crippen molar-refractivity contribution >= 4 is 23.0 Å². The van der Waals surface area contributed by atoms with Crippen LogP contribution in [0.25, 0.3) is 0 Å². The lowest BCUT2D eigenvalue weighted by molar-refractivity contribution is -0.394. The lowest BCUT2D eigenvalue weighted by atomic mass is 10.0. The zero-order chi connectivity index (χ0) is 23.0. The highest BCUT2D eigenvalue weighted by molar-refractivity contribution is 6.06. The molecule has 2 aromatic carbocycles. The SMILES string of the molecule is Cc1c(C(=O)Nc2cc(C(F)(F)F)cc(C(F)(F)F)c2)cc([N+](=O)[O-])cc1[N+](=O)[O-]. The van der Waals surface area contributed by atoms with Crippen LogP contribution >= 0.6 is 0 Å². The summed E-state index contributed by atoms with van der Waals surface area (Å²) in [7, 11) is 0. The van der Waals surface area contributed by atoms with Crippen LogP contribution in [-0.2, 0) is 12.4 Å². The van der Waals surface area contributed by atoms with Gasteiger partial charge in [-0.25, -0.2) is 0 Å². The highest BCUT2D eigenvalue weighted by Crippen LogP contribution is 2.38. The van der Waals surface area contributed by atoms with Gasteiger partial charge in [-0.05, 0) is 25.1 Å². The van der Waals surface area contributed by atoms with Gasteiger partial charge < -0.3 is 5.32 Å². The number of nitro benzene ring substituents is 2. The molecule has 0 fully saturated rings. The first kappa shape index (κ1) is 22.6. The van der Waals surface area contributed by atoms with Gasteiger partial charge in [0.25, 0.3) is 17.3 Å². The number of amides is 1. The summed E-state index contributed by atoms with van der Waals surface area (Å²) < 4.78 is 77.5. The first-order chi connectivity index (χ1) is 13.6. The van der Waals surface area contributed by atoms with E-state index in [0.29, 0.717) is 12.1 Å². The average Bonchev–Trinajstić information content (AvgIpc) is 2.59. The molecule has 2 rings (SSSR count). The van der Waals surface area contributed by atoms with E-state index in [9.17, 15) is 51.4 Å². The van der Waals surface area contributed by atoms with Crippen LogP contribution in [0, 0.1) is 27.2 Å². The minimum Gasteiger partial charge on any atom is -0.322 e. The number of nitrogens with zero attached hydrogens (tertiary/aromatic N) is 2. The zero-order valence-corrected chi connectivity index (χ0v) is 14.6. The fourth-order valence-electron chi connectivity index (χ4n) is 2.44. The van der Waals surface area contributed by atoms with Crippen molar-refractivity contribution in [3.8, 4) is 0 Å². The second kappa shape index (κ2) is 7.61. The zero-order valence-electron chi connectivity index (χ0n) is 14.6. The lowest BCUT2D eigenvalue weighted by Crippen LogP contribution is -2.17. The summed E-state index contributed by atoms with van der Waals surface area (Å²) in [5.74, 6) is -1.37. The number of nitrogens with one attached hydrogen (secondary N) is 1. The molecule has 0 aliphatic heterocycles. The van der Waals surface area contributed by atoms with Crippen molar-refractivity contribution < 1.29 is 41.0 Å². The first-order valence-electron chi connectivity index (χ1n) is 7.65. The van der Waals surface area contributed by atoms with Crippen molar-refractivity contribution in [2.45, 2.75) is 19.3 Å². The highest BCUT2D eigenvalue weighted by atomic mass is 19.4. The van der Waals surface area contributed by atoms with Gasteiger partial charge in [0.1, 0.15) is 0 Å². The number of hydrogen-bond donors (Lipinski definition) is 1. The van der Waals surface area contributed by atoms with Crippen LogP contribution in [0.15, 0.2) is 30.3 Å². The number of anilines is 1. The van der Waals surface area contributed by atoms with E-state index in [1.807, 2.05) is 0 Å². The van der Waals surface area contributed by atoms with Crippen LogP contribution < -0.4 is 5.32 Å². The molecule has 1 amide bonds. The normalized spacial score (nSPS) is 11.8. The topological polar surface area (TPSA) is 115 Å². The van der Waals surface area contributed by atoms with Gasteiger partial charge in [-0.15, -0.1) is 0 Å². The second-order valence-electron chi connectivity index (χ2n) is 5.90. The van der Waals surface area contributed by atoms with Crippen molar-refractivity contribution in [1.29, 1.82) is 0 Å². The number of carbonyl (C=O) groups is 1. The Morgan fingerprint density at radius 3 is 1.77 bits per heavy atom. The summed E-state index contributed by atoms with van der Waals surface area (Å²) in [5, 5.41) is 23.7. The maximum atomic E-state index is 12.9. The van der Waals surface area contributed by atoms with E-state index < -0.39 is 61.9 Å². The van der Waals surface area contributed by atoms with Crippen LogP contribution in [0.5, 0.6) is 0 Å². The maximum absolute atomic E-state index is 12.9. The van der Waals surface area contributed by atoms with Crippen LogP contribution in [0.1, 0.15) is 27.0 Å². The van der Waals surface area contributed by atoms with Crippen molar-refractivity contribution in [1.82, 2.24) is 0 Å². The Bertz CT molecular complexity index is 1020. The summed E-state index contributed by atoms with van der Waals surface area (Å²) in [5.41, 5.74) is -7.03. The Morgan fingerprint density at radius 2 is 1.37 bits per heavy atom. The Morgan fingerprint density at radius 1 is 0.867 bits per heavy atom. The number of carbonyl (C=O) groups excluding carboxylic acids is 1. The van der Waals surface area contributed by atoms with Crippen LogP contribution in [0.3, 0.4) is 0 Å². The third-order valence-electron chi connectivity index (χ3n) is 3.86. The predicted molar refractivity (Wildman–Crippen MR) is 88.9 cm³/mol. The van der Waals surface area contributed by atoms with Gasteiger partial charge in [0.15, 0.2) is 0 Å². The maximum Gasteiger partial charge on any atom is 0.416 e. The average molecular weight is 437 g/mol. The van der Waals surface area contributed by atoms with E-state index in [4.69, 9.17) is 0 Å². The molecule has 0 heterocycles. The summed E-state index contributed by atoms with van der Waals surface area (Å²) >= 11 is 0. The van der Waals surface area contributed by atoms with E-state index in [-0.39, 0.29) is 23.8 Å². The second-order valence-corrected chi connectivity index (χ2v) is 5.90. The minimum absolute atomic E-state index is 0.154. The predicted octanol–water partition coefficient (Wildman–Crippen LogP) is 5.10. The molecule has 0 unspecified atom stereocenters. The summed E-state index contributed by atoms with van der Waals surface area (Å²) in [6.45, 7) is 1.05. The third kappa shape index (κ3) is 4.82. The molecule has 0 atom stereocenters.